The van der Waals surface area contributed by atoms with Crippen molar-refractivity contribution in [2.75, 3.05) is 0 Å². The van der Waals surface area contributed by atoms with Crippen molar-refractivity contribution in [3.63, 3.8) is 0 Å². The third-order valence-electron chi connectivity index (χ3n) is 11.4. The van der Waals surface area contributed by atoms with E-state index < -0.39 is 11.4 Å². The van der Waals surface area contributed by atoms with Gasteiger partial charge in [0.15, 0.2) is 5.78 Å². The van der Waals surface area contributed by atoms with Crippen LogP contribution in [0, 0.1) is 51.8 Å². The number of carbonyl (C=O) groups excluding carboxylic acids is 2. The van der Waals surface area contributed by atoms with Crippen LogP contribution in [0.1, 0.15) is 92.4 Å². The Morgan fingerprint density at radius 3 is 2.28 bits per heavy atom. The highest BCUT2D eigenvalue weighted by atomic mass is 16.4. The molecule has 5 rings (SSSR count). The molecule has 0 bridgehead atoms. The Balaban J connectivity index is 1.57. The van der Waals surface area contributed by atoms with Crippen molar-refractivity contribution < 1.29 is 19.5 Å². The average Bonchev–Trinajstić information content (AvgIpc) is 3.04. The fraction of sp³-hybridized carbons (Fsp3) is 0.821. The first kappa shape index (κ1) is 22.3. The lowest BCUT2D eigenvalue weighted by Crippen LogP contribution is -2.60. The summed E-state index contributed by atoms with van der Waals surface area (Å²) in [4.78, 5) is 38.2. The number of Topliss-reactive ketones (excluding diaryl/α,β-unsaturated/α-hetero) is 2. The van der Waals surface area contributed by atoms with Gasteiger partial charge in [-0.1, -0.05) is 34.6 Å². The third-order valence-corrected chi connectivity index (χ3v) is 11.4. The van der Waals surface area contributed by atoms with E-state index in [0.29, 0.717) is 36.4 Å². The monoisotopic (exact) mass is 440 g/mol. The largest absolute Gasteiger partial charge is 0.481 e. The minimum atomic E-state index is -0.950. The summed E-state index contributed by atoms with van der Waals surface area (Å²) in [6.45, 7) is 11.2. The molecular formula is C28H40O4. The first-order valence-electron chi connectivity index (χ1n) is 13.0. The molecule has 176 valence electrons. The van der Waals surface area contributed by atoms with Crippen LogP contribution in [0.3, 0.4) is 0 Å². The summed E-state index contributed by atoms with van der Waals surface area (Å²) in [5, 5.41) is 10.3. The molecule has 0 spiro atoms. The molecule has 0 amide bonds. The first-order valence-corrected chi connectivity index (χ1v) is 13.0. The summed E-state index contributed by atoms with van der Waals surface area (Å²) in [6, 6.07) is 0. The topological polar surface area (TPSA) is 71.4 Å². The van der Waals surface area contributed by atoms with Crippen LogP contribution >= 0.6 is 0 Å². The Morgan fingerprint density at radius 2 is 1.62 bits per heavy atom. The van der Waals surface area contributed by atoms with Gasteiger partial charge in [0.2, 0.25) is 0 Å². The van der Waals surface area contributed by atoms with Crippen molar-refractivity contribution >= 4 is 17.5 Å². The molecule has 0 aliphatic heterocycles. The Hall–Kier alpha value is -1.45. The van der Waals surface area contributed by atoms with Gasteiger partial charge < -0.3 is 5.11 Å². The summed E-state index contributed by atoms with van der Waals surface area (Å²) >= 11 is 0. The van der Waals surface area contributed by atoms with Crippen molar-refractivity contribution in [1.29, 1.82) is 0 Å². The van der Waals surface area contributed by atoms with E-state index >= 15 is 0 Å². The van der Waals surface area contributed by atoms with Crippen molar-refractivity contribution in [2.45, 2.75) is 92.4 Å². The molecule has 4 saturated carbocycles. The summed E-state index contributed by atoms with van der Waals surface area (Å²) in [5.41, 5.74) is 1.29. The molecule has 0 radical (unpaired) electrons. The number of aliphatic carboxylic acids is 1. The number of allylic oxidation sites excluding steroid dienone is 1. The fourth-order valence-electron chi connectivity index (χ4n) is 9.98. The Kier molecular flexibility index (Phi) is 4.91. The molecule has 0 saturated heterocycles. The molecule has 5 aliphatic rings. The van der Waals surface area contributed by atoms with Gasteiger partial charge >= 0.3 is 5.97 Å². The van der Waals surface area contributed by atoms with Crippen LogP contribution in [0.15, 0.2) is 11.1 Å². The number of rotatable bonds is 2. The number of carbonyl (C=O) groups is 3. The van der Waals surface area contributed by atoms with Crippen LogP contribution < -0.4 is 0 Å². The summed E-state index contributed by atoms with van der Waals surface area (Å²) in [7, 11) is 0. The van der Waals surface area contributed by atoms with Crippen LogP contribution in [-0.4, -0.2) is 22.6 Å². The van der Waals surface area contributed by atoms with E-state index in [1.165, 1.54) is 0 Å². The van der Waals surface area contributed by atoms with E-state index in [1.807, 2.05) is 0 Å². The third kappa shape index (κ3) is 2.64. The number of carboxylic acid groups (broad SMARTS) is 1. The molecule has 4 fully saturated rings. The van der Waals surface area contributed by atoms with Crippen LogP contribution in [0.5, 0.6) is 0 Å². The minimum absolute atomic E-state index is 0.0839. The highest BCUT2D eigenvalue weighted by molar-refractivity contribution is 6.05. The lowest BCUT2D eigenvalue weighted by Gasteiger charge is -2.66. The predicted octanol–water partition coefficient (Wildman–Crippen LogP) is 5.84. The summed E-state index contributed by atoms with van der Waals surface area (Å²) in [5.74, 6) is 1.76. The van der Waals surface area contributed by atoms with Gasteiger partial charge in [0, 0.05) is 18.8 Å². The second kappa shape index (κ2) is 7.03. The van der Waals surface area contributed by atoms with Gasteiger partial charge in [0.1, 0.15) is 5.78 Å². The molecule has 32 heavy (non-hydrogen) atoms. The maximum absolute atomic E-state index is 13.1. The van der Waals surface area contributed by atoms with Crippen molar-refractivity contribution in [3.05, 3.63) is 11.1 Å². The van der Waals surface area contributed by atoms with Gasteiger partial charge in [-0.3, -0.25) is 14.4 Å². The minimum Gasteiger partial charge on any atom is -0.481 e. The second-order valence-corrected chi connectivity index (χ2v) is 12.8. The molecule has 8 unspecified atom stereocenters. The van der Waals surface area contributed by atoms with Crippen LogP contribution in [-0.2, 0) is 14.4 Å². The molecular weight excluding hydrogens is 400 g/mol. The Bertz CT molecular complexity index is 914. The molecule has 8 atom stereocenters. The Morgan fingerprint density at radius 1 is 0.969 bits per heavy atom. The van der Waals surface area contributed by atoms with E-state index in [9.17, 15) is 19.5 Å². The number of hydrogen-bond acceptors (Lipinski definition) is 3. The molecule has 0 heterocycles. The number of ketones is 2. The van der Waals surface area contributed by atoms with Gasteiger partial charge in [-0.05, 0) is 96.5 Å². The zero-order chi connectivity index (χ0) is 23.2. The van der Waals surface area contributed by atoms with Crippen molar-refractivity contribution in [1.82, 2.24) is 0 Å². The van der Waals surface area contributed by atoms with E-state index in [2.05, 4.69) is 34.6 Å². The normalized spacial score (nSPS) is 48.2. The fourth-order valence-corrected chi connectivity index (χ4v) is 9.98. The Labute approximate surface area is 192 Å². The van der Waals surface area contributed by atoms with Gasteiger partial charge in [-0.25, -0.2) is 0 Å². The molecule has 1 N–H and O–H groups in total. The van der Waals surface area contributed by atoms with Crippen molar-refractivity contribution in [3.8, 4) is 0 Å². The molecule has 0 aromatic carbocycles. The predicted molar refractivity (Wildman–Crippen MR) is 123 cm³/mol. The lowest BCUT2D eigenvalue weighted by atomic mass is 9.38. The maximum Gasteiger partial charge on any atom is 0.314 e. The first-order chi connectivity index (χ1) is 15.0. The molecule has 0 aromatic heterocycles. The smallest absolute Gasteiger partial charge is 0.314 e. The summed E-state index contributed by atoms with van der Waals surface area (Å²) < 4.78 is 0. The molecule has 0 aromatic rings. The second-order valence-electron chi connectivity index (χ2n) is 12.8. The average molecular weight is 441 g/mol. The van der Waals surface area contributed by atoms with Gasteiger partial charge in [0.25, 0.3) is 0 Å². The van der Waals surface area contributed by atoms with Crippen LogP contribution in [0.25, 0.3) is 0 Å². The quantitative estimate of drug-likeness (QED) is 0.585. The standard InChI is InChI=1S/C28H40O4/c1-15(2)23-21(30)14-28(25(31)32)13-9-19-17(24(23)28)6-7-22-26(4)12-10-20(29)16(3)18(26)8-11-27(19,22)5/h15-19,22H,6-14H2,1-5H3,(H,31,32). The number of hydrogen-bond donors (Lipinski definition) is 1. The van der Waals surface area contributed by atoms with Gasteiger partial charge in [-0.15, -0.1) is 0 Å². The lowest BCUT2D eigenvalue weighted by molar-refractivity contribution is -0.173. The van der Waals surface area contributed by atoms with E-state index in [4.69, 9.17) is 0 Å². The van der Waals surface area contributed by atoms with Crippen molar-refractivity contribution in [2.24, 2.45) is 51.8 Å². The van der Waals surface area contributed by atoms with E-state index in [1.54, 1.807) is 0 Å². The SMILES string of the molecule is CC(C)C1=C2C3CCC4C5(C)CCC(=O)C(C)C5CCC4(C)C3CCC2(C(=O)O)CC1=O. The molecule has 4 heteroatoms. The van der Waals surface area contributed by atoms with Gasteiger partial charge in [0.05, 0.1) is 5.41 Å². The number of fused-ring (bicyclic) bond motifs is 7. The van der Waals surface area contributed by atoms with Gasteiger partial charge in [-0.2, -0.15) is 0 Å². The zero-order valence-corrected chi connectivity index (χ0v) is 20.5. The highest BCUT2D eigenvalue weighted by Gasteiger charge is 2.66. The van der Waals surface area contributed by atoms with Crippen LogP contribution in [0.2, 0.25) is 0 Å². The molecule has 5 aliphatic carbocycles. The van der Waals surface area contributed by atoms with E-state index in [0.717, 1.165) is 49.7 Å². The summed E-state index contributed by atoms with van der Waals surface area (Å²) in [6.07, 6.45) is 7.78. The van der Waals surface area contributed by atoms with Crippen LogP contribution in [0.4, 0.5) is 0 Å². The zero-order valence-electron chi connectivity index (χ0n) is 20.5. The maximum atomic E-state index is 13.1. The number of carboxylic acids is 1. The highest BCUT2D eigenvalue weighted by Crippen LogP contribution is 2.71. The molecule has 4 nitrogen and oxygen atoms in total. The van der Waals surface area contributed by atoms with E-state index in [-0.39, 0.29) is 40.8 Å².